The van der Waals surface area contributed by atoms with E-state index in [0.29, 0.717) is 11.4 Å². The van der Waals surface area contributed by atoms with E-state index in [1.165, 1.54) is 49.9 Å². The highest BCUT2D eigenvalue weighted by atomic mass is 32.2. The van der Waals surface area contributed by atoms with E-state index in [1.54, 1.807) is 11.4 Å². The second-order valence-electron chi connectivity index (χ2n) is 5.28. The molecular formula is C15H28N2O2S2. The van der Waals surface area contributed by atoms with Crippen LogP contribution in [0.25, 0.3) is 0 Å². The molecule has 6 heteroatoms. The molecule has 0 saturated heterocycles. The number of sulfonamides is 1. The van der Waals surface area contributed by atoms with Gasteiger partial charge in [0.1, 0.15) is 0 Å². The lowest BCUT2D eigenvalue weighted by Gasteiger charge is -2.07. The Bertz CT molecular complexity index is 484. The Hall–Kier alpha value is -0.430. The summed E-state index contributed by atoms with van der Waals surface area (Å²) in [5, 5.41) is 1.77. The molecule has 0 unspecified atom stereocenters. The maximum absolute atomic E-state index is 12.1. The van der Waals surface area contributed by atoms with Gasteiger partial charge in [0.25, 0.3) is 0 Å². The predicted octanol–water partition coefficient (Wildman–Crippen LogP) is 3.63. The first kappa shape index (κ1) is 18.6. The minimum absolute atomic E-state index is 0.270. The van der Waals surface area contributed by atoms with E-state index in [-0.39, 0.29) is 6.54 Å². The summed E-state index contributed by atoms with van der Waals surface area (Å²) in [6.45, 7) is 3.00. The van der Waals surface area contributed by atoms with Crippen LogP contribution in [0.2, 0.25) is 0 Å². The van der Waals surface area contributed by atoms with E-state index in [4.69, 9.17) is 5.73 Å². The molecule has 4 nitrogen and oxygen atoms in total. The molecule has 122 valence electrons. The van der Waals surface area contributed by atoms with Crippen LogP contribution in [-0.2, 0) is 16.6 Å². The van der Waals surface area contributed by atoms with Crippen molar-refractivity contribution in [1.29, 1.82) is 0 Å². The smallest absolute Gasteiger partial charge is 0.241 e. The van der Waals surface area contributed by atoms with E-state index in [1.807, 2.05) is 0 Å². The molecule has 0 radical (unpaired) electrons. The van der Waals surface area contributed by atoms with Gasteiger partial charge in [-0.3, -0.25) is 0 Å². The average molecular weight is 333 g/mol. The van der Waals surface area contributed by atoms with E-state index in [9.17, 15) is 8.42 Å². The van der Waals surface area contributed by atoms with Gasteiger partial charge in [-0.25, -0.2) is 13.1 Å². The summed E-state index contributed by atoms with van der Waals surface area (Å²) in [6, 6.07) is 1.63. The summed E-state index contributed by atoms with van der Waals surface area (Å²) in [5.74, 6) is 0. The van der Waals surface area contributed by atoms with E-state index in [0.717, 1.165) is 17.7 Å². The van der Waals surface area contributed by atoms with Gasteiger partial charge in [-0.2, -0.15) is 0 Å². The molecule has 0 spiro atoms. The molecule has 0 bridgehead atoms. The van der Waals surface area contributed by atoms with Crippen LogP contribution in [-0.4, -0.2) is 15.0 Å². The van der Waals surface area contributed by atoms with Crippen molar-refractivity contribution in [2.45, 2.75) is 69.7 Å². The Morgan fingerprint density at radius 3 is 2.33 bits per heavy atom. The molecule has 0 atom stereocenters. The van der Waals surface area contributed by atoms with Crippen molar-refractivity contribution in [3.8, 4) is 0 Å². The van der Waals surface area contributed by atoms with E-state index < -0.39 is 10.0 Å². The highest BCUT2D eigenvalue weighted by Gasteiger charge is 2.18. The molecule has 0 amide bonds. The van der Waals surface area contributed by atoms with Crippen LogP contribution in [0.15, 0.2) is 16.3 Å². The lowest BCUT2D eigenvalue weighted by molar-refractivity contribution is 0.558. The van der Waals surface area contributed by atoms with Crippen LogP contribution < -0.4 is 10.5 Å². The van der Waals surface area contributed by atoms with Gasteiger partial charge in [0.05, 0.1) is 4.90 Å². The minimum Gasteiger partial charge on any atom is -0.326 e. The quantitative estimate of drug-likeness (QED) is 0.574. The largest absolute Gasteiger partial charge is 0.326 e. The molecule has 0 saturated carbocycles. The molecule has 0 aliphatic carbocycles. The Labute approximate surface area is 133 Å². The zero-order valence-corrected chi connectivity index (χ0v) is 14.6. The summed E-state index contributed by atoms with van der Waals surface area (Å²) in [7, 11) is -3.38. The Balaban J connectivity index is 2.17. The van der Waals surface area contributed by atoms with E-state index in [2.05, 4.69) is 11.6 Å². The van der Waals surface area contributed by atoms with Crippen molar-refractivity contribution in [1.82, 2.24) is 4.72 Å². The zero-order chi connectivity index (χ0) is 15.6. The number of nitrogens with two attached hydrogens (primary N) is 1. The lowest BCUT2D eigenvalue weighted by atomic mass is 10.1. The van der Waals surface area contributed by atoms with Crippen LogP contribution in [0.4, 0.5) is 0 Å². The van der Waals surface area contributed by atoms with Gasteiger partial charge in [-0.05, 0) is 17.9 Å². The average Bonchev–Trinajstić information content (AvgIpc) is 2.95. The topological polar surface area (TPSA) is 72.2 Å². The van der Waals surface area contributed by atoms with Crippen LogP contribution in [0.3, 0.4) is 0 Å². The molecule has 3 N–H and O–H groups in total. The number of rotatable bonds is 12. The molecular weight excluding hydrogens is 304 g/mol. The molecule has 0 fully saturated rings. The third-order valence-electron chi connectivity index (χ3n) is 3.50. The fourth-order valence-electron chi connectivity index (χ4n) is 2.26. The Morgan fingerprint density at radius 2 is 1.71 bits per heavy atom. The van der Waals surface area contributed by atoms with Gasteiger partial charge in [-0.15, -0.1) is 11.3 Å². The SMILES string of the molecule is CCCCCCCCCCNS(=O)(=O)c1ccsc1CN. The molecule has 0 aliphatic heterocycles. The molecule has 1 aromatic heterocycles. The molecule has 0 aliphatic rings. The molecule has 1 heterocycles. The number of hydrogen-bond acceptors (Lipinski definition) is 4. The predicted molar refractivity (Wildman–Crippen MR) is 90.0 cm³/mol. The normalized spacial score (nSPS) is 11.9. The first-order valence-corrected chi connectivity index (χ1v) is 10.2. The summed E-state index contributed by atoms with van der Waals surface area (Å²) in [4.78, 5) is 1.06. The van der Waals surface area contributed by atoms with Crippen molar-refractivity contribution >= 4 is 21.4 Å². The molecule has 21 heavy (non-hydrogen) atoms. The van der Waals surface area contributed by atoms with E-state index >= 15 is 0 Å². The van der Waals surface area contributed by atoms with Crippen molar-refractivity contribution < 1.29 is 8.42 Å². The number of nitrogens with one attached hydrogen (secondary N) is 1. The summed E-state index contributed by atoms with van der Waals surface area (Å²) >= 11 is 1.39. The monoisotopic (exact) mass is 332 g/mol. The first-order chi connectivity index (χ1) is 10.1. The van der Waals surface area contributed by atoms with Gasteiger partial charge < -0.3 is 5.73 Å². The summed E-state index contributed by atoms with van der Waals surface area (Å²) in [5.41, 5.74) is 5.55. The molecule has 1 aromatic rings. The van der Waals surface area contributed by atoms with Crippen molar-refractivity contribution in [3.63, 3.8) is 0 Å². The van der Waals surface area contributed by atoms with Gasteiger partial charge >= 0.3 is 0 Å². The Kier molecular flexibility index (Phi) is 9.15. The number of unbranched alkanes of at least 4 members (excludes halogenated alkanes) is 7. The first-order valence-electron chi connectivity index (χ1n) is 7.88. The summed E-state index contributed by atoms with van der Waals surface area (Å²) in [6.07, 6.45) is 9.65. The maximum atomic E-state index is 12.1. The van der Waals surface area contributed by atoms with Gasteiger partial charge in [0, 0.05) is 18.0 Å². The van der Waals surface area contributed by atoms with Gasteiger partial charge in [0.2, 0.25) is 10.0 Å². The number of hydrogen-bond donors (Lipinski definition) is 2. The third-order valence-corrected chi connectivity index (χ3v) is 6.12. The van der Waals surface area contributed by atoms with Crippen molar-refractivity contribution in [2.24, 2.45) is 5.73 Å². The van der Waals surface area contributed by atoms with Crippen molar-refractivity contribution in [2.75, 3.05) is 6.54 Å². The van der Waals surface area contributed by atoms with Crippen LogP contribution in [0.5, 0.6) is 0 Å². The zero-order valence-electron chi connectivity index (χ0n) is 12.9. The highest BCUT2D eigenvalue weighted by Crippen LogP contribution is 2.21. The van der Waals surface area contributed by atoms with Crippen LogP contribution in [0, 0.1) is 0 Å². The standard InChI is InChI=1S/C15H28N2O2S2/c1-2-3-4-5-6-7-8-9-11-17-21(18,19)15-10-12-20-14(15)13-16/h10,12,17H,2-9,11,13,16H2,1H3. The van der Waals surface area contributed by atoms with Gasteiger partial charge in [0.15, 0.2) is 0 Å². The Morgan fingerprint density at radius 1 is 1.10 bits per heavy atom. The maximum Gasteiger partial charge on any atom is 0.241 e. The highest BCUT2D eigenvalue weighted by molar-refractivity contribution is 7.89. The fourth-order valence-corrected chi connectivity index (χ4v) is 4.67. The van der Waals surface area contributed by atoms with Crippen LogP contribution >= 0.6 is 11.3 Å². The second kappa shape index (κ2) is 10.3. The molecule has 0 aromatic carbocycles. The second-order valence-corrected chi connectivity index (χ2v) is 8.02. The minimum atomic E-state index is -3.38. The lowest BCUT2D eigenvalue weighted by Crippen LogP contribution is -2.25. The molecule has 1 rings (SSSR count). The summed E-state index contributed by atoms with van der Waals surface area (Å²) < 4.78 is 26.9. The van der Waals surface area contributed by atoms with Crippen LogP contribution in [0.1, 0.15) is 63.2 Å². The van der Waals surface area contributed by atoms with Gasteiger partial charge in [-0.1, -0.05) is 51.9 Å². The fraction of sp³-hybridized carbons (Fsp3) is 0.733. The third kappa shape index (κ3) is 6.91. The van der Waals surface area contributed by atoms with Crippen molar-refractivity contribution in [3.05, 3.63) is 16.3 Å². The number of thiophene rings is 1.